The van der Waals surface area contributed by atoms with E-state index < -0.39 is 15.8 Å². The van der Waals surface area contributed by atoms with E-state index >= 15 is 0 Å². The number of anilines is 2. The molecule has 2 aromatic rings. The molecule has 0 aliphatic rings. The van der Waals surface area contributed by atoms with Gasteiger partial charge in [0.15, 0.2) is 0 Å². The van der Waals surface area contributed by atoms with Crippen molar-refractivity contribution in [2.75, 3.05) is 17.1 Å². The van der Waals surface area contributed by atoms with Gasteiger partial charge in [-0.05, 0) is 42.8 Å². The lowest BCUT2D eigenvalue weighted by Crippen LogP contribution is -2.15. The zero-order chi connectivity index (χ0) is 17.9. The molecule has 8 heteroatoms. The molecule has 24 heavy (non-hydrogen) atoms. The Balaban J connectivity index is 2.40. The van der Waals surface area contributed by atoms with Gasteiger partial charge in [0.2, 0.25) is 5.91 Å². The van der Waals surface area contributed by atoms with Gasteiger partial charge in [0.25, 0.3) is 10.0 Å². The SMILES string of the molecule is COc1ccc(S(=O)(=O)Nc2ccc(C)cc2F)cc1NC(C)=O. The van der Waals surface area contributed by atoms with Crippen LogP contribution in [0.2, 0.25) is 0 Å². The standard InChI is InChI=1S/C16H17FN2O4S/c1-10-4-6-14(13(17)8-10)19-24(21,22)12-5-7-16(23-3)15(9-12)18-11(2)20/h4-9,19H,1-3H3,(H,18,20). The monoisotopic (exact) mass is 352 g/mol. The van der Waals surface area contributed by atoms with Crippen LogP contribution < -0.4 is 14.8 Å². The molecule has 2 aromatic carbocycles. The lowest BCUT2D eigenvalue weighted by atomic mass is 10.2. The topological polar surface area (TPSA) is 84.5 Å². The molecular weight excluding hydrogens is 335 g/mol. The van der Waals surface area contributed by atoms with E-state index in [1.165, 1.54) is 44.4 Å². The van der Waals surface area contributed by atoms with Gasteiger partial charge in [-0.1, -0.05) is 6.07 Å². The van der Waals surface area contributed by atoms with Crippen molar-refractivity contribution >= 4 is 27.3 Å². The normalized spacial score (nSPS) is 11.0. The molecule has 0 spiro atoms. The van der Waals surface area contributed by atoms with E-state index in [-0.39, 0.29) is 22.2 Å². The van der Waals surface area contributed by atoms with Gasteiger partial charge in [0, 0.05) is 6.92 Å². The third kappa shape index (κ3) is 4.02. The molecule has 0 fully saturated rings. The number of nitrogens with one attached hydrogen (secondary N) is 2. The Labute approximate surface area is 139 Å². The van der Waals surface area contributed by atoms with Crippen LogP contribution in [0.5, 0.6) is 5.75 Å². The smallest absolute Gasteiger partial charge is 0.262 e. The third-order valence-corrected chi connectivity index (χ3v) is 4.52. The van der Waals surface area contributed by atoms with Gasteiger partial charge in [-0.15, -0.1) is 0 Å². The van der Waals surface area contributed by atoms with Gasteiger partial charge in [0.05, 0.1) is 23.4 Å². The average molecular weight is 352 g/mol. The molecule has 0 aliphatic carbocycles. The fraction of sp³-hybridized carbons (Fsp3) is 0.188. The van der Waals surface area contributed by atoms with Crippen LogP contribution in [0.1, 0.15) is 12.5 Å². The van der Waals surface area contributed by atoms with Crippen molar-refractivity contribution in [3.8, 4) is 5.75 Å². The lowest BCUT2D eigenvalue weighted by Gasteiger charge is -2.13. The van der Waals surface area contributed by atoms with Gasteiger partial charge >= 0.3 is 0 Å². The Hall–Kier alpha value is -2.61. The molecule has 0 radical (unpaired) electrons. The number of carbonyl (C=O) groups excluding carboxylic acids is 1. The molecule has 0 aliphatic heterocycles. The van der Waals surface area contributed by atoms with Gasteiger partial charge in [-0.3, -0.25) is 9.52 Å². The van der Waals surface area contributed by atoms with Crippen LogP contribution in [0.15, 0.2) is 41.3 Å². The quantitative estimate of drug-likeness (QED) is 0.866. The second kappa shape index (κ2) is 6.88. The summed E-state index contributed by atoms with van der Waals surface area (Å²) in [6.07, 6.45) is 0. The maximum atomic E-state index is 13.9. The number of rotatable bonds is 5. The number of aryl methyl sites for hydroxylation is 1. The van der Waals surface area contributed by atoms with Crippen molar-refractivity contribution < 1.29 is 22.3 Å². The highest BCUT2D eigenvalue weighted by Gasteiger charge is 2.19. The Bertz CT molecular complexity index is 882. The van der Waals surface area contributed by atoms with Gasteiger partial charge in [-0.25, -0.2) is 12.8 Å². The number of hydrogen-bond acceptors (Lipinski definition) is 4. The van der Waals surface area contributed by atoms with E-state index in [0.717, 1.165) is 0 Å². The van der Waals surface area contributed by atoms with Crippen LogP contribution >= 0.6 is 0 Å². The first kappa shape index (κ1) is 17.7. The summed E-state index contributed by atoms with van der Waals surface area (Å²) in [5.41, 5.74) is 0.725. The number of sulfonamides is 1. The van der Waals surface area contributed by atoms with Gasteiger partial charge < -0.3 is 10.1 Å². The number of carbonyl (C=O) groups is 1. The first-order chi connectivity index (χ1) is 11.2. The maximum absolute atomic E-state index is 13.9. The largest absolute Gasteiger partial charge is 0.495 e. The van der Waals surface area contributed by atoms with Crippen molar-refractivity contribution in [2.24, 2.45) is 0 Å². The summed E-state index contributed by atoms with van der Waals surface area (Å²) in [5.74, 6) is -0.736. The molecule has 6 nitrogen and oxygen atoms in total. The second-order valence-corrected chi connectivity index (χ2v) is 6.81. The molecule has 0 atom stereocenters. The molecule has 1 amide bonds. The summed E-state index contributed by atoms with van der Waals surface area (Å²) in [6.45, 7) is 2.99. The van der Waals surface area contributed by atoms with Gasteiger partial charge in [-0.2, -0.15) is 0 Å². The molecule has 128 valence electrons. The van der Waals surface area contributed by atoms with Crippen LogP contribution in [-0.4, -0.2) is 21.4 Å². The summed E-state index contributed by atoms with van der Waals surface area (Å²) in [7, 11) is -2.63. The summed E-state index contributed by atoms with van der Waals surface area (Å²) in [6, 6.07) is 8.13. The predicted molar refractivity (Wildman–Crippen MR) is 89.2 cm³/mol. The van der Waals surface area contributed by atoms with Crippen LogP contribution in [0.3, 0.4) is 0 Å². The van der Waals surface area contributed by atoms with E-state index in [1.54, 1.807) is 13.0 Å². The number of halogens is 1. The molecule has 2 rings (SSSR count). The Kier molecular flexibility index (Phi) is 5.08. The molecule has 0 bridgehead atoms. The lowest BCUT2D eigenvalue weighted by molar-refractivity contribution is -0.114. The molecule has 0 heterocycles. The number of hydrogen-bond donors (Lipinski definition) is 2. The zero-order valence-corrected chi connectivity index (χ0v) is 14.2. The minimum atomic E-state index is -4.03. The number of ether oxygens (including phenoxy) is 1. The van der Waals surface area contributed by atoms with Crippen molar-refractivity contribution in [3.05, 3.63) is 47.8 Å². The van der Waals surface area contributed by atoms with Crippen molar-refractivity contribution in [2.45, 2.75) is 18.7 Å². The number of benzene rings is 2. The highest BCUT2D eigenvalue weighted by molar-refractivity contribution is 7.92. The summed E-state index contributed by atoms with van der Waals surface area (Å²) in [5, 5.41) is 2.49. The van der Waals surface area contributed by atoms with Gasteiger partial charge in [0.1, 0.15) is 11.6 Å². The minimum absolute atomic E-state index is 0.132. The van der Waals surface area contributed by atoms with E-state index in [0.29, 0.717) is 11.3 Å². The van der Waals surface area contributed by atoms with Crippen LogP contribution in [0, 0.1) is 12.7 Å². The first-order valence-corrected chi connectivity index (χ1v) is 8.46. The first-order valence-electron chi connectivity index (χ1n) is 6.97. The van der Waals surface area contributed by atoms with Crippen LogP contribution in [0.4, 0.5) is 15.8 Å². The fourth-order valence-corrected chi connectivity index (χ4v) is 3.14. The molecule has 0 aromatic heterocycles. The van der Waals surface area contributed by atoms with E-state index in [1.807, 2.05) is 0 Å². The fourth-order valence-electron chi connectivity index (χ4n) is 2.05. The minimum Gasteiger partial charge on any atom is -0.495 e. The average Bonchev–Trinajstić information content (AvgIpc) is 2.49. The molecule has 0 saturated heterocycles. The molecule has 2 N–H and O–H groups in total. The maximum Gasteiger partial charge on any atom is 0.262 e. The van der Waals surface area contributed by atoms with Crippen LogP contribution in [0.25, 0.3) is 0 Å². The highest BCUT2D eigenvalue weighted by Crippen LogP contribution is 2.29. The Morgan fingerprint density at radius 1 is 1.12 bits per heavy atom. The molecular formula is C16H17FN2O4S. The van der Waals surface area contributed by atoms with Crippen molar-refractivity contribution in [1.82, 2.24) is 0 Å². The Morgan fingerprint density at radius 3 is 2.42 bits per heavy atom. The zero-order valence-electron chi connectivity index (χ0n) is 13.4. The van der Waals surface area contributed by atoms with Crippen molar-refractivity contribution in [1.29, 1.82) is 0 Å². The highest BCUT2D eigenvalue weighted by atomic mass is 32.2. The predicted octanol–water partition coefficient (Wildman–Crippen LogP) is 2.90. The molecule has 0 saturated carbocycles. The second-order valence-electron chi connectivity index (χ2n) is 5.13. The molecule has 0 unspecified atom stereocenters. The van der Waals surface area contributed by atoms with Crippen LogP contribution in [-0.2, 0) is 14.8 Å². The number of methoxy groups -OCH3 is 1. The van der Waals surface area contributed by atoms with E-state index in [4.69, 9.17) is 4.74 Å². The summed E-state index contributed by atoms with van der Waals surface area (Å²) < 4.78 is 46.0. The summed E-state index contributed by atoms with van der Waals surface area (Å²) >= 11 is 0. The van der Waals surface area contributed by atoms with E-state index in [2.05, 4.69) is 10.0 Å². The number of amides is 1. The third-order valence-electron chi connectivity index (χ3n) is 3.16. The van der Waals surface area contributed by atoms with E-state index in [9.17, 15) is 17.6 Å². The van der Waals surface area contributed by atoms with Crippen molar-refractivity contribution in [3.63, 3.8) is 0 Å². The summed E-state index contributed by atoms with van der Waals surface area (Å²) in [4.78, 5) is 11.1. The Morgan fingerprint density at radius 2 is 1.83 bits per heavy atom.